The van der Waals surface area contributed by atoms with Crippen LogP contribution in [0.1, 0.15) is 6.99 Å². The maximum atomic E-state index is 8.89. The summed E-state index contributed by atoms with van der Waals surface area (Å²) in [7, 11) is 0. The number of phenolic OH excluding ortho intramolecular Hbond substituents is 1. The lowest BCUT2D eigenvalue weighted by Crippen LogP contribution is -3.00. The van der Waals surface area contributed by atoms with Gasteiger partial charge in [0.05, 0.1) is 0 Å². The lowest BCUT2D eigenvalue weighted by molar-refractivity contribution is -0.00000300. The Morgan fingerprint density at radius 1 is 1.50 bits per heavy atom. The van der Waals surface area contributed by atoms with Crippen molar-refractivity contribution in [2.24, 2.45) is 5.73 Å². The molecule has 3 heteroatoms. The van der Waals surface area contributed by atoms with Gasteiger partial charge in [-0.15, -0.1) is 0 Å². The van der Waals surface area contributed by atoms with E-state index in [9.17, 15) is 0 Å². The van der Waals surface area contributed by atoms with Crippen molar-refractivity contribution in [1.29, 1.82) is 0 Å². The van der Waals surface area contributed by atoms with Crippen molar-refractivity contribution in [2.75, 3.05) is 0 Å². The summed E-state index contributed by atoms with van der Waals surface area (Å²) in [6, 6.07) is 6.93. The van der Waals surface area contributed by atoms with E-state index in [-0.39, 0.29) is 19.6 Å². The molecule has 0 unspecified atom stereocenters. The van der Waals surface area contributed by atoms with Gasteiger partial charge in [-0.05, 0) is 17.7 Å². The van der Waals surface area contributed by atoms with Crippen LogP contribution in [0.25, 0.3) is 0 Å². The van der Waals surface area contributed by atoms with Crippen LogP contribution in [0, 0.1) is 0 Å². The van der Waals surface area contributed by atoms with Crippen LogP contribution in [0.3, 0.4) is 0 Å². The normalized spacial score (nSPS) is 8.50. The molecule has 0 aliphatic carbocycles. The molecule has 1 aromatic rings. The molecule has 0 amide bonds. The summed E-state index contributed by atoms with van der Waals surface area (Å²) in [5.74, 6) is 0.276. The zero-order valence-corrected chi connectivity index (χ0v) is 6.17. The minimum Gasteiger partial charge on any atom is -1.00 e. The third-order valence-electron chi connectivity index (χ3n) is 1.15. The molecule has 1 aromatic carbocycles. The molecule has 0 spiro atoms. The SMILES string of the molecule is NCc1cccc(O)c1.[Cl-].[H+]. The predicted octanol–water partition coefficient (Wildman–Crippen LogP) is -2.03. The molecule has 0 heterocycles. The molecule has 56 valence electrons. The molecular weight excluding hydrogens is 150 g/mol. The highest BCUT2D eigenvalue weighted by Crippen LogP contribution is 2.09. The number of benzene rings is 1. The molecule has 0 saturated heterocycles. The molecule has 10 heavy (non-hydrogen) atoms. The number of hydrogen-bond acceptors (Lipinski definition) is 2. The Morgan fingerprint density at radius 3 is 2.60 bits per heavy atom. The first kappa shape index (κ1) is 9.27. The van der Waals surface area contributed by atoms with Crippen molar-refractivity contribution < 1.29 is 18.9 Å². The number of aromatic hydroxyl groups is 1. The van der Waals surface area contributed by atoms with Gasteiger partial charge >= 0.3 is 1.43 Å². The van der Waals surface area contributed by atoms with E-state index >= 15 is 0 Å². The Labute approximate surface area is 67.6 Å². The van der Waals surface area contributed by atoms with E-state index in [1.165, 1.54) is 0 Å². The second-order valence-electron chi connectivity index (χ2n) is 1.87. The first-order valence-corrected chi connectivity index (χ1v) is 2.81. The monoisotopic (exact) mass is 159 g/mol. The highest BCUT2D eigenvalue weighted by Gasteiger charge is 1.88. The van der Waals surface area contributed by atoms with Gasteiger partial charge in [-0.25, -0.2) is 0 Å². The lowest BCUT2D eigenvalue weighted by Gasteiger charge is -1.94. The molecule has 0 aliphatic rings. The van der Waals surface area contributed by atoms with Gasteiger partial charge in [0.25, 0.3) is 0 Å². The maximum absolute atomic E-state index is 8.89. The summed E-state index contributed by atoms with van der Waals surface area (Å²) in [4.78, 5) is 0. The van der Waals surface area contributed by atoms with Crippen molar-refractivity contribution in [2.45, 2.75) is 6.54 Å². The predicted molar refractivity (Wildman–Crippen MR) is 37.1 cm³/mol. The van der Waals surface area contributed by atoms with Crippen molar-refractivity contribution in [1.82, 2.24) is 0 Å². The Morgan fingerprint density at radius 2 is 2.20 bits per heavy atom. The number of halogens is 1. The lowest BCUT2D eigenvalue weighted by atomic mass is 10.2. The number of nitrogens with two attached hydrogens (primary N) is 1. The number of rotatable bonds is 1. The molecule has 0 aromatic heterocycles. The summed E-state index contributed by atoms with van der Waals surface area (Å²) in [6.45, 7) is 0.481. The second-order valence-corrected chi connectivity index (χ2v) is 1.87. The molecule has 0 fully saturated rings. The van der Waals surface area contributed by atoms with E-state index in [4.69, 9.17) is 10.8 Å². The molecule has 0 atom stereocenters. The topological polar surface area (TPSA) is 46.2 Å². The van der Waals surface area contributed by atoms with E-state index in [0.717, 1.165) is 5.56 Å². The fourth-order valence-corrected chi connectivity index (χ4v) is 0.683. The van der Waals surface area contributed by atoms with Gasteiger partial charge in [0.2, 0.25) is 0 Å². The van der Waals surface area contributed by atoms with Crippen LogP contribution in [0.5, 0.6) is 5.75 Å². The largest absolute Gasteiger partial charge is 1.00 e. The summed E-state index contributed by atoms with van der Waals surface area (Å²) in [5.41, 5.74) is 6.26. The number of phenols is 1. The van der Waals surface area contributed by atoms with Gasteiger partial charge in [-0.1, -0.05) is 12.1 Å². The van der Waals surface area contributed by atoms with Gasteiger partial charge in [0.15, 0.2) is 0 Å². The van der Waals surface area contributed by atoms with E-state index in [1.54, 1.807) is 18.2 Å². The molecule has 2 nitrogen and oxygen atoms in total. The van der Waals surface area contributed by atoms with Crippen LogP contribution in [-0.2, 0) is 6.54 Å². The van der Waals surface area contributed by atoms with E-state index in [2.05, 4.69) is 0 Å². The van der Waals surface area contributed by atoms with E-state index in [0.29, 0.717) is 6.54 Å². The fourth-order valence-electron chi connectivity index (χ4n) is 0.683. The minimum atomic E-state index is 0. The Bertz CT molecular complexity index is 207. The summed E-state index contributed by atoms with van der Waals surface area (Å²) >= 11 is 0. The fraction of sp³-hybridized carbons (Fsp3) is 0.143. The van der Waals surface area contributed by atoms with Crippen molar-refractivity contribution in [3.63, 3.8) is 0 Å². The van der Waals surface area contributed by atoms with Gasteiger partial charge in [-0.3, -0.25) is 0 Å². The van der Waals surface area contributed by atoms with Crippen LogP contribution in [0.4, 0.5) is 0 Å². The highest BCUT2D eigenvalue weighted by molar-refractivity contribution is 5.26. The molecule has 0 bridgehead atoms. The third-order valence-corrected chi connectivity index (χ3v) is 1.15. The number of hydrogen-bond donors (Lipinski definition) is 2. The molecule has 0 aliphatic heterocycles. The minimum absolute atomic E-state index is 0. The van der Waals surface area contributed by atoms with Crippen molar-refractivity contribution >= 4 is 0 Å². The average molecular weight is 160 g/mol. The second kappa shape index (κ2) is 4.14. The molecule has 3 N–H and O–H groups in total. The van der Waals surface area contributed by atoms with Crippen molar-refractivity contribution in [3.8, 4) is 5.75 Å². The molecule has 1 rings (SSSR count). The molecule has 0 radical (unpaired) electrons. The summed E-state index contributed by atoms with van der Waals surface area (Å²) in [5, 5.41) is 8.89. The van der Waals surface area contributed by atoms with E-state index < -0.39 is 0 Å². The Hall–Kier alpha value is -0.730. The zero-order chi connectivity index (χ0) is 6.69. The smallest absolute Gasteiger partial charge is 1.00 e. The van der Waals surface area contributed by atoms with Crippen LogP contribution in [-0.4, -0.2) is 5.11 Å². The summed E-state index contributed by atoms with van der Waals surface area (Å²) < 4.78 is 0. The van der Waals surface area contributed by atoms with Gasteiger partial charge < -0.3 is 23.2 Å². The van der Waals surface area contributed by atoms with Gasteiger partial charge in [0, 0.05) is 6.54 Å². The molecular formula is C7H10ClNO. The highest BCUT2D eigenvalue weighted by atomic mass is 35.5. The van der Waals surface area contributed by atoms with Gasteiger partial charge in [0.1, 0.15) is 5.75 Å². The summed E-state index contributed by atoms with van der Waals surface area (Å²) in [6.07, 6.45) is 0. The van der Waals surface area contributed by atoms with Gasteiger partial charge in [-0.2, -0.15) is 0 Å². The Kier molecular flexibility index (Phi) is 3.84. The third kappa shape index (κ3) is 2.25. The Balaban J connectivity index is 0. The maximum Gasteiger partial charge on any atom is 1.00 e. The van der Waals surface area contributed by atoms with Crippen LogP contribution >= 0.6 is 0 Å². The first-order valence-electron chi connectivity index (χ1n) is 2.81. The molecule has 0 saturated carbocycles. The van der Waals surface area contributed by atoms with Crippen LogP contribution < -0.4 is 18.1 Å². The van der Waals surface area contributed by atoms with Crippen LogP contribution in [0.2, 0.25) is 0 Å². The van der Waals surface area contributed by atoms with Crippen molar-refractivity contribution in [3.05, 3.63) is 29.8 Å². The quantitative estimate of drug-likeness (QED) is 0.497. The first-order chi connectivity index (χ1) is 4.33. The standard InChI is InChI=1S/C7H9NO.ClH/c8-5-6-2-1-3-7(9)4-6;/h1-4,9H,5,8H2;1H. The zero-order valence-electron chi connectivity index (χ0n) is 6.42. The average Bonchev–Trinajstić information content (AvgIpc) is 1.88. The van der Waals surface area contributed by atoms with Crippen LogP contribution in [0.15, 0.2) is 24.3 Å². The van der Waals surface area contributed by atoms with E-state index in [1.807, 2.05) is 6.07 Å².